The molecule has 0 radical (unpaired) electrons. The van der Waals surface area contributed by atoms with Gasteiger partial charge >= 0.3 is 0 Å². The molecular weight excluding hydrogens is 266 g/mol. The third kappa shape index (κ3) is 2.29. The fourth-order valence-electron chi connectivity index (χ4n) is 2.89. The summed E-state index contributed by atoms with van der Waals surface area (Å²) in [6.45, 7) is 17.0. The minimum atomic E-state index is -1.82. The van der Waals surface area contributed by atoms with E-state index in [2.05, 4.69) is 53.4 Å². The van der Waals surface area contributed by atoms with Gasteiger partial charge in [-0.1, -0.05) is 33.4 Å². The van der Waals surface area contributed by atoms with Gasteiger partial charge in [0.05, 0.1) is 18.1 Å². The van der Waals surface area contributed by atoms with Crippen molar-refractivity contribution in [3.8, 4) is 0 Å². The van der Waals surface area contributed by atoms with E-state index in [0.717, 1.165) is 12.1 Å². The zero-order valence-corrected chi connectivity index (χ0v) is 14.6. The van der Waals surface area contributed by atoms with E-state index in [9.17, 15) is 4.79 Å². The minimum absolute atomic E-state index is 0.00204. The summed E-state index contributed by atoms with van der Waals surface area (Å²) in [7, 11) is -1.82. The van der Waals surface area contributed by atoms with Gasteiger partial charge in [0, 0.05) is 5.70 Å². The van der Waals surface area contributed by atoms with E-state index in [0.29, 0.717) is 0 Å². The van der Waals surface area contributed by atoms with Crippen LogP contribution in [0.1, 0.15) is 34.1 Å². The fourth-order valence-corrected chi connectivity index (χ4v) is 4.32. The lowest BCUT2D eigenvalue weighted by molar-refractivity contribution is -0.156. The van der Waals surface area contributed by atoms with Crippen molar-refractivity contribution in [3.63, 3.8) is 0 Å². The van der Waals surface area contributed by atoms with Gasteiger partial charge in [0.25, 0.3) is 0 Å². The maximum absolute atomic E-state index is 12.4. The molecule has 3 nitrogen and oxygen atoms in total. The Morgan fingerprint density at radius 2 is 2.10 bits per heavy atom. The van der Waals surface area contributed by atoms with E-state index in [1.165, 1.54) is 0 Å². The van der Waals surface area contributed by atoms with Crippen molar-refractivity contribution >= 4 is 14.2 Å². The summed E-state index contributed by atoms with van der Waals surface area (Å²) in [5, 5.41) is 0.175. The highest BCUT2D eigenvalue weighted by Crippen LogP contribution is 2.44. The molecule has 0 aliphatic carbocycles. The number of hydrogen-bond acceptors (Lipinski definition) is 2. The second kappa shape index (κ2) is 4.85. The molecule has 0 aromatic carbocycles. The predicted octanol–water partition coefficient (Wildman–Crippen LogP) is 3.70. The first-order chi connectivity index (χ1) is 9.10. The van der Waals surface area contributed by atoms with Gasteiger partial charge in [0.2, 0.25) is 5.91 Å². The summed E-state index contributed by atoms with van der Waals surface area (Å²) in [6, 6.07) is 0.287. The number of nitrogens with zero attached hydrogens (tertiary/aromatic N) is 1. The Morgan fingerprint density at radius 1 is 1.50 bits per heavy atom. The van der Waals surface area contributed by atoms with E-state index in [1.807, 2.05) is 4.90 Å². The third-order valence-electron chi connectivity index (χ3n) is 5.12. The van der Waals surface area contributed by atoms with Crippen LogP contribution in [0, 0.1) is 5.92 Å². The van der Waals surface area contributed by atoms with E-state index in [1.54, 1.807) is 6.08 Å². The van der Waals surface area contributed by atoms with Crippen LogP contribution in [0.4, 0.5) is 0 Å². The lowest BCUT2D eigenvalue weighted by Gasteiger charge is -2.49. The van der Waals surface area contributed by atoms with Crippen molar-refractivity contribution in [2.24, 2.45) is 5.92 Å². The normalized spacial score (nSPS) is 27.8. The second-order valence-electron chi connectivity index (χ2n) is 7.45. The van der Waals surface area contributed by atoms with Gasteiger partial charge in [-0.3, -0.25) is 4.79 Å². The molecule has 3 atom stereocenters. The molecule has 0 saturated carbocycles. The van der Waals surface area contributed by atoms with E-state index >= 15 is 0 Å². The predicted molar refractivity (Wildman–Crippen MR) is 84.8 cm³/mol. The molecule has 1 fully saturated rings. The molecule has 1 saturated heterocycles. The molecule has 112 valence electrons. The van der Waals surface area contributed by atoms with Gasteiger partial charge in [-0.25, -0.2) is 0 Å². The smallest absolute Gasteiger partial charge is 0.235 e. The number of allylic oxidation sites excluding steroid dienone is 1. The Balaban J connectivity index is 2.05. The standard InChI is InChI=1S/C16H27NO2Si/c1-8-12-9-10-13-14(15(18)17(12)13)11(2)19-20(6,7)16(3,4)5/h8-9,11,13-14H,1,10H2,2-7H3/t11-,13-,14+/m1/s1. The van der Waals surface area contributed by atoms with Crippen molar-refractivity contribution in [2.45, 2.75) is 64.4 Å². The van der Waals surface area contributed by atoms with Crippen LogP contribution in [-0.2, 0) is 9.22 Å². The lowest BCUT2D eigenvalue weighted by atomic mass is 9.83. The van der Waals surface area contributed by atoms with Crippen molar-refractivity contribution in [1.29, 1.82) is 0 Å². The molecule has 0 N–H and O–H groups in total. The lowest BCUT2D eigenvalue weighted by Crippen LogP contribution is -2.63. The van der Waals surface area contributed by atoms with Crippen LogP contribution in [-0.4, -0.2) is 31.3 Å². The van der Waals surface area contributed by atoms with Crippen molar-refractivity contribution in [1.82, 2.24) is 4.90 Å². The largest absolute Gasteiger partial charge is 0.413 e. The van der Waals surface area contributed by atoms with Crippen molar-refractivity contribution in [2.75, 3.05) is 0 Å². The van der Waals surface area contributed by atoms with E-state index < -0.39 is 8.32 Å². The minimum Gasteiger partial charge on any atom is -0.413 e. The zero-order chi connectivity index (χ0) is 15.3. The molecule has 4 heteroatoms. The Kier molecular flexibility index (Phi) is 3.76. The number of β-lactam (4-membered cyclic amide) rings is 1. The number of carbonyl (C=O) groups is 1. The number of rotatable bonds is 4. The number of hydrogen-bond donors (Lipinski definition) is 0. The molecule has 0 spiro atoms. The van der Waals surface area contributed by atoms with Gasteiger partial charge < -0.3 is 9.33 Å². The van der Waals surface area contributed by atoms with Gasteiger partial charge in [-0.05, 0) is 37.6 Å². The first kappa shape index (κ1) is 15.5. The summed E-state index contributed by atoms with van der Waals surface area (Å²) < 4.78 is 6.40. The highest BCUT2D eigenvalue weighted by molar-refractivity contribution is 6.74. The fraction of sp³-hybridized carbons (Fsp3) is 0.688. The first-order valence-electron chi connectivity index (χ1n) is 7.43. The van der Waals surface area contributed by atoms with Crippen LogP contribution in [0.5, 0.6) is 0 Å². The van der Waals surface area contributed by atoms with Crippen LogP contribution in [0.25, 0.3) is 0 Å². The monoisotopic (exact) mass is 293 g/mol. The first-order valence-corrected chi connectivity index (χ1v) is 10.3. The van der Waals surface area contributed by atoms with Crippen molar-refractivity contribution < 1.29 is 9.22 Å². The Labute approximate surface area is 123 Å². The molecular formula is C16H27NO2Si. The van der Waals surface area contributed by atoms with Crippen LogP contribution in [0.3, 0.4) is 0 Å². The molecule has 2 rings (SSSR count). The summed E-state index contributed by atoms with van der Waals surface area (Å²) in [4.78, 5) is 14.2. The van der Waals surface area contributed by atoms with Crippen LogP contribution < -0.4 is 0 Å². The highest BCUT2D eigenvalue weighted by Gasteiger charge is 2.54. The van der Waals surface area contributed by atoms with E-state index in [4.69, 9.17) is 4.43 Å². The molecule has 0 unspecified atom stereocenters. The maximum Gasteiger partial charge on any atom is 0.235 e. The summed E-state index contributed by atoms with van der Waals surface area (Å²) in [5.41, 5.74) is 0.968. The molecule has 1 amide bonds. The molecule has 2 aliphatic rings. The molecule has 0 aromatic rings. The zero-order valence-electron chi connectivity index (χ0n) is 13.6. The molecule has 20 heavy (non-hydrogen) atoms. The Hall–Kier alpha value is -0.873. The van der Waals surface area contributed by atoms with Gasteiger partial charge in [-0.2, -0.15) is 0 Å². The molecule has 0 aromatic heterocycles. The average Bonchev–Trinajstić information content (AvgIpc) is 2.65. The van der Waals surface area contributed by atoms with Gasteiger partial charge in [-0.15, -0.1) is 0 Å². The number of fused-ring (bicyclic) bond motifs is 1. The highest BCUT2D eigenvalue weighted by atomic mass is 28.4. The summed E-state index contributed by atoms with van der Waals surface area (Å²) in [6.07, 6.45) is 4.81. The molecule has 0 bridgehead atoms. The molecule has 2 heterocycles. The Bertz CT molecular complexity index is 462. The van der Waals surface area contributed by atoms with Gasteiger partial charge in [0.15, 0.2) is 8.32 Å². The number of carbonyl (C=O) groups excluding carboxylic acids is 1. The summed E-state index contributed by atoms with van der Waals surface area (Å²) >= 11 is 0. The van der Waals surface area contributed by atoms with E-state index in [-0.39, 0.29) is 29.0 Å². The van der Waals surface area contributed by atoms with Crippen molar-refractivity contribution in [3.05, 3.63) is 24.4 Å². The summed E-state index contributed by atoms with van der Waals surface area (Å²) in [5.74, 6) is 0.211. The third-order valence-corrected chi connectivity index (χ3v) is 9.69. The second-order valence-corrected chi connectivity index (χ2v) is 12.2. The average molecular weight is 293 g/mol. The molecule has 2 aliphatic heterocycles. The Morgan fingerprint density at radius 3 is 2.60 bits per heavy atom. The van der Waals surface area contributed by atoms with Crippen LogP contribution in [0.2, 0.25) is 18.1 Å². The topological polar surface area (TPSA) is 29.5 Å². The quantitative estimate of drug-likeness (QED) is 0.584. The van der Waals surface area contributed by atoms with Crippen LogP contribution >= 0.6 is 0 Å². The van der Waals surface area contributed by atoms with Gasteiger partial charge in [0.1, 0.15) is 0 Å². The maximum atomic E-state index is 12.4. The van der Waals surface area contributed by atoms with Crippen LogP contribution in [0.15, 0.2) is 24.4 Å². The number of amides is 1. The SMILES string of the molecule is C=CC1=CC[C@@H]2[C@H]([C@@H](C)O[Si](C)(C)C(C)(C)C)C(=O)N12.